The zero-order chi connectivity index (χ0) is 15.9. The molecule has 122 valence electrons. The first-order valence-electron chi connectivity index (χ1n) is 8.21. The van der Waals surface area contributed by atoms with E-state index in [4.69, 9.17) is 4.74 Å². The Kier molecular flexibility index (Phi) is 7.23. The minimum absolute atomic E-state index is 0.206. The van der Waals surface area contributed by atoms with Crippen LogP contribution in [0.15, 0.2) is 11.6 Å². The van der Waals surface area contributed by atoms with Crippen molar-refractivity contribution in [2.45, 2.75) is 71.9 Å². The molecule has 0 saturated carbocycles. The number of hydrogen-bond donors (Lipinski definition) is 1. The van der Waals surface area contributed by atoms with E-state index in [1.807, 2.05) is 20.8 Å². The number of carbonyl (C=O) groups is 1. The van der Waals surface area contributed by atoms with Crippen LogP contribution in [0, 0.1) is 0 Å². The summed E-state index contributed by atoms with van der Waals surface area (Å²) in [5, 5.41) is 3.57. The summed E-state index contributed by atoms with van der Waals surface area (Å²) < 4.78 is 5.40. The highest BCUT2D eigenvalue weighted by Crippen LogP contribution is 2.15. The van der Waals surface area contributed by atoms with Gasteiger partial charge in [0.25, 0.3) is 0 Å². The van der Waals surface area contributed by atoms with Crippen molar-refractivity contribution >= 4 is 6.09 Å². The van der Waals surface area contributed by atoms with Crippen LogP contribution in [0.3, 0.4) is 0 Å². The van der Waals surface area contributed by atoms with Gasteiger partial charge in [-0.25, -0.2) is 4.79 Å². The lowest BCUT2D eigenvalue weighted by Crippen LogP contribution is -2.40. The Morgan fingerprint density at radius 2 is 2.19 bits per heavy atom. The van der Waals surface area contributed by atoms with Crippen molar-refractivity contribution in [2.75, 3.05) is 19.6 Å². The van der Waals surface area contributed by atoms with E-state index in [9.17, 15) is 4.79 Å². The topological polar surface area (TPSA) is 41.6 Å². The molecule has 1 rings (SSSR count). The van der Waals surface area contributed by atoms with E-state index < -0.39 is 5.60 Å². The molecule has 0 radical (unpaired) electrons. The van der Waals surface area contributed by atoms with Crippen LogP contribution >= 0.6 is 0 Å². The molecule has 4 heteroatoms. The van der Waals surface area contributed by atoms with E-state index >= 15 is 0 Å². The van der Waals surface area contributed by atoms with Crippen LogP contribution in [-0.2, 0) is 4.74 Å². The van der Waals surface area contributed by atoms with Crippen LogP contribution in [-0.4, -0.2) is 42.3 Å². The van der Waals surface area contributed by atoms with Gasteiger partial charge in [0, 0.05) is 25.7 Å². The van der Waals surface area contributed by atoms with Crippen molar-refractivity contribution < 1.29 is 9.53 Å². The van der Waals surface area contributed by atoms with Gasteiger partial charge in [-0.15, -0.1) is 0 Å². The van der Waals surface area contributed by atoms with Crippen molar-refractivity contribution in [3.8, 4) is 0 Å². The fourth-order valence-corrected chi connectivity index (χ4v) is 2.28. The Morgan fingerprint density at radius 3 is 2.71 bits per heavy atom. The standard InChI is InChI=1S/C17H32N2O2/c1-6-7-8-14(2)18-13-15-9-11-19(12-10-15)16(20)21-17(3,4)5/h9,14,18H,6-8,10-13H2,1-5H3. The molecule has 1 N–H and O–H groups in total. The summed E-state index contributed by atoms with van der Waals surface area (Å²) in [6.45, 7) is 12.5. The van der Waals surface area contributed by atoms with Gasteiger partial charge < -0.3 is 15.0 Å². The van der Waals surface area contributed by atoms with Crippen molar-refractivity contribution in [1.29, 1.82) is 0 Å². The summed E-state index contributed by atoms with van der Waals surface area (Å²) >= 11 is 0. The van der Waals surface area contributed by atoms with Crippen molar-refractivity contribution in [1.82, 2.24) is 10.2 Å². The molecule has 1 aliphatic rings. The van der Waals surface area contributed by atoms with E-state index in [0.29, 0.717) is 12.6 Å². The first-order valence-corrected chi connectivity index (χ1v) is 8.21. The highest BCUT2D eigenvalue weighted by molar-refractivity contribution is 5.68. The van der Waals surface area contributed by atoms with Gasteiger partial charge >= 0.3 is 6.09 Å². The predicted molar refractivity (Wildman–Crippen MR) is 87.5 cm³/mol. The van der Waals surface area contributed by atoms with E-state index in [-0.39, 0.29) is 6.09 Å². The highest BCUT2D eigenvalue weighted by Gasteiger charge is 2.23. The number of nitrogens with one attached hydrogen (secondary N) is 1. The molecular weight excluding hydrogens is 264 g/mol. The fourth-order valence-electron chi connectivity index (χ4n) is 2.28. The quantitative estimate of drug-likeness (QED) is 0.760. The first kappa shape index (κ1) is 18.0. The monoisotopic (exact) mass is 296 g/mol. The van der Waals surface area contributed by atoms with Crippen LogP contribution < -0.4 is 5.32 Å². The molecule has 1 amide bonds. The maximum atomic E-state index is 12.0. The molecule has 0 saturated heterocycles. The Hall–Kier alpha value is -1.03. The molecule has 0 spiro atoms. The third-order valence-electron chi connectivity index (χ3n) is 3.62. The lowest BCUT2D eigenvalue weighted by molar-refractivity contribution is 0.0265. The second kappa shape index (κ2) is 8.42. The molecule has 0 fully saturated rings. The maximum absolute atomic E-state index is 12.0. The number of amides is 1. The van der Waals surface area contributed by atoms with Gasteiger partial charge in [-0.1, -0.05) is 31.4 Å². The zero-order valence-electron chi connectivity index (χ0n) is 14.4. The molecule has 1 aliphatic heterocycles. The summed E-state index contributed by atoms with van der Waals surface area (Å²) in [5.74, 6) is 0. The van der Waals surface area contributed by atoms with Crippen LogP contribution in [0.25, 0.3) is 0 Å². The molecule has 0 aromatic heterocycles. The fraction of sp³-hybridized carbons (Fsp3) is 0.824. The summed E-state index contributed by atoms with van der Waals surface area (Å²) in [6.07, 6.45) is 6.65. The average molecular weight is 296 g/mol. The summed E-state index contributed by atoms with van der Waals surface area (Å²) in [6, 6.07) is 0.565. The highest BCUT2D eigenvalue weighted by atomic mass is 16.6. The largest absolute Gasteiger partial charge is 0.444 e. The van der Waals surface area contributed by atoms with Crippen LogP contribution in [0.2, 0.25) is 0 Å². The molecule has 21 heavy (non-hydrogen) atoms. The molecule has 0 aliphatic carbocycles. The third kappa shape index (κ3) is 7.51. The van der Waals surface area contributed by atoms with Gasteiger partial charge in [0.05, 0.1) is 0 Å². The summed E-state index contributed by atoms with van der Waals surface area (Å²) in [7, 11) is 0. The number of carbonyl (C=O) groups excluding carboxylic acids is 1. The van der Waals surface area contributed by atoms with Gasteiger partial charge in [0.1, 0.15) is 5.60 Å². The molecular formula is C17H32N2O2. The second-order valence-electron chi connectivity index (χ2n) is 6.96. The minimum atomic E-state index is -0.419. The van der Waals surface area contributed by atoms with Crippen LogP contribution in [0.4, 0.5) is 4.79 Å². The molecule has 1 unspecified atom stereocenters. The van der Waals surface area contributed by atoms with E-state index in [1.54, 1.807) is 4.90 Å². The molecule has 1 heterocycles. The number of unbranched alkanes of at least 4 members (excludes halogenated alkanes) is 1. The van der Waals surface area contributed by atoms with Crippen molar-refractivity contribution in [3.05, 3.63) is 11.6 Å². The number of nitrogens with zero attached hydrogens (tertiary/aromatic N) is 1. The predicted octanol–water partition coefficient (Wildman–Crippen LogP) is 3.72. The van der Waals surface area contributed by atoms with Crippen molar-refractivity contribution in [2.24, 2.45) is 0 Å². The molecule has 0 aromatic rings. The van der Waals surface area contributed by atoms with Gasteiger partial charge in [-0.05, 0) is 40.5 Å². The summed E-state index contributed by atoms with van der Waals surface area (Å²) in [4.78, 5) is 13.7. The number of hydrogen-bond acceptors (Lipinski definition) is 3. The lowest BCUT2D eigenvalue weighted by Gasteiger charge is -2.30. The Balaban J connectivity index is 2.32. The molecule has 0 aromatic carbocycles. The van der Waals surface area contributed by atoms with Crippen molar-refractivity contribution in [3.63, 3.8) is 0 Å². The Morgan fingerprint density at radius 1 is 1.48 bits per heavy atom. The van der Waals surface area contributed by atoms with Gasteiger partial charge in [-0.2, -0.15) is 0 Å². The molecule has 0 bridgehead atoms. The Bertz CT molecular complexity index is 358. The van der Waals surface area contributed by atoms with Gasteiger partial charge in [0.15, 0.2) is 0 Å². The number of rotatable bonds is 6. The van der Waals surface area contributed by atoms with E-state index in [2.05, 4.69) is 25.2 Å². The molecule has 1 atom stereocenters. The van der Waals surface area contributed by atoms with Crippen LogP contribution in [0.5, 0.6) is 0 Å². The average Bonchev–Trinajstić information content (AvgIpc) is 2.41. The maximum Gasteiger partial charge on any atom is 0.410 e. The third-order valence-corrected chi connectivity index (χ3v) is 3.62. The smallest absolute Gasteiger partial charge is 0.410 e. The second-order valence-corrected chi connectivity index (χ2v) is 6.96. The molecule has 4 nitrogen and oxygen atoms in total. The lowest BCUT2D eigenvalue weighted by atomic mass is 10.1. The zero-order valence-corrected chi connectivity index (χ0v) is 14.4. The normalized spacial score (nSPS) is 17.4. The van der Waals surface area contributed by atoms with E-state index in [0.717, 1.165) is 19.5 Å². The Labute approximate surface area is 129 Å². The number of ether oxygens (including phenoxy) is 1. The minimum Gasteiger partial charge on any atom is -0.444 e. The SMILES string of the molecule is CCCCC(C)NCC1=CCN(C(=O)OC(C)(C)C)CC1. The van der Waals surface area contributed by atoms with E-state index in [1.165, 1.54) is 24.8 Å². The van der Waals surface area contributed by atoms with Crippen LogP contribution in [0.1, 0.15) is 60.3 Å². The van der Waals surface area contributed by atoms with Gasteiger partial charge in [0.2, 0.25) is 0 Å². The summed E-state index contributed by atoms with van der Waals surface area (Å²) in [5.41, 5.74) is 0.982. The first-order chi connectivity index (χ1) is 9.81. The van der Waals surface area contributed by atoms with Gasteiger partial charge in [-0.3, -0.25) is 0 Å².